The monoisotopic (exact) mass is 339 g/mol. The van der Waals surface area contributed by atoms with Crippen molar-refractivity contribution in [3.63, 3.8) is 0 Å². The predicted molar refractivity (Wildman–Crippen MR) is 86.0 cm³/mol. The van der Waals surface area contributed by atoms with Crippen molar-refractivity contribution >= 4 is 29.1 Å². The Labute approximate surface area is 138 Å². The van der Waals surface area contributed by atoms with Crippen LogP contribution in [0.15, 0.2) is 48.5 Å². The van der Waals surface area contributed by atoms with Crippen LogP contribution in [0.3, 0.4) is 0 Å². The maximum atomic E-state index is 12.5. The van der Waals surface area contributed by atoms with Crippen molar-refractivity contribution in [3.05, 3.63) is 69.7 Å². The van der Waals surface area contributed by atoms with Crippen LogP contribution in [-0.4, -0.2) is 29.3 Å². The molecule has 0 aliphatic rings. The van der Waals surface area contributed by atoms with Crippen LogP contribution in [0.1, 0.15) is 11.1 Å². The first-order valence-electron chi connectivity index (χ1n) is 6.62. The van der Waals surface area contributed by atoms with Crippen LogP contribution in [0, 0.1) is 0 Å². The molecule has 0 saturated heterocycles. The molecule has 0 aliphatic heterocycles. The largest absolute Gasteiger partial charge is 0.395 e. The van der Waals surface area contributed by atoms with Gasteiger partial charge in [0.25, 0.3) is 5.91 Å². The molecule has 0 heterocycles. The summed E-state index contributed by atoms with van der Waals surface area (Å²) in [5, 5.41) is 23.4. The summed E-state index contributed by atoms with van der Waals surface area (Å²) in [6, 6.07) is 12.7. The number of benzene rings is 2. The molecule has 0 radical (unpaired) electrons. The molecule has 22 heavy (non-hydrogen) atoms. The summed E-state index contributed by atoms with van der Waals surface area (Å²) in [5.74, 6) is -0.633. The molecule has 0 atom stereocenters. The first-order valence-corrected chi connectivity index (χ1v) is 7.37. The van der Waals surface area contributed by atoms with Gasteiger partial charge in [0.1, 0.15) is 0 Å². The van der Waals surface area contributed by atoms with Crippen molar-refractivity contribution in [2.24, 2.45) is 0 Å². The molecule has 4 nitrogen and oxygen atoms in total. The normalized spacial score (nSPS) is 11.3. The zero-order valence-electron chi connectivity index (χ0n) is 11.6. The summed E-state index contributed by atoms with van der Waals surface area (Å²) in [5.41, 5.74) is -1.16. The maximum Gasteiger partial charge on any atom is 0.261 e. The van der Waals surface area contributed by atoms with E-state index in [2.05, 4.69) is 5.32 Å². The van der Waals surface area contributed by atoms with Crippen LogP contribution < -0.4 is 5.32 Å². The number of carbonyl (C=O) groups is 1. The number of aliphatic hydroxyl groups is 2. The summed E-state index contributed by atoms with van der Waals surface area (Å²) in [4.78, 5) is 12.5. The molecule has 0 aromatic heterocycles. The third-order valence-corrected chi connectivity index (χ3v) is 3.75. The van der Waals surface area contributed by atoms with Crippen molar-refractivity contribution in [2.45, 2.75) is 5.60 Å². The van der Waals surface area contributed by atoms with Crippen LogP contribution >= 0.6 is 23.2 Å². The van der Waals surface area contributed by atoms with E-state index in [0.29, 0.717) is 21.2 Å². The molecule has 2 aromatic rings. The molecule has 0 unspecified atom stereocenters. The van der Waals surface area contributed by atoms with Crippen molar-refractivity contribution in [2.75, 3.05) is 13.2 Å². The van der Waals surface area contributed by atoms with Gasteiger partial charge in [0.2, 0.25) is 0 Å². The van der Waals surface area contributed by atoms with Crippen molar-refractivity contribution in [1.82, 2.24) is 5.32 Å². The molecule has 2 rings (SSSR count). The van der Waals surface area contributed by atoms with Crippen molar-refractivity contribution in [3.8, 4) is 0 Å². The van der Waals surface area contributed by atoms with Gasteiger partial charge < -0.3 is 15.5 Å². The zero-order valence-corrected chi connectivity index (χ0v) is 13.1. The van der Waals surface area contributed by atoms with Crippen molar-refractivity contribution in [1.29, 1.82) is 0 Å². The summed E-state index contributed by atoms with van der Waals surface area (Å²) in [6.45, 7) is -0.175. The lowest BCUT2D eigenvalue weighted by atomic mass is 9.85. The minimum atomic E-state index is -1.90. The van der Waals surface area contributed by atoms with Gasteiger partial charge in [0, 0.05) is 16.6 Å². The van der Waals surface area contributed by atoms with Crippen molar-refractivity contribution < 1.29 is 15.0 Å². The number of aliphatic hydroxyl groups excluding tert-OH is 1. The second-order valence-corrected chi connectivity index (χ2v) is 5.58. The van der Waals surface area contributed by atoms with Gasteiger partial charge in [0.05, 0.1) is 6.61 Å². The standard InChI is InChI=1S/C16H15Cl2NO3/c17-13-5-1-11(2-6-13)16(22,15(21)19-9-10-20)12-3-7-14(18)8-4-12/h1-8,20,22H,9-10H2,(H,19,21). The van der Waals surface area contributed by atoms with E-state index in [1.807, 2.05) is 0 Å². The third-order valence-electron chi connectivity index (χ3n) is 3.25. The third kappa shape index (κ3) is 3.42. The predicted octanol–water partition coefficient (Wildman–Crippen LogP) is 2.34. The summed E-state index contributed by atoms with van der Waals surface area (Å²) in [6.07, 6.45) is 0. The Morgan fingerprint density at radius 2 is 1.36 bits per heavy atom. The van der Waals surface area contributed by atoms with Crippen LogP contribution in [0.2, 0.25) is 10.0 Å². The molecule has 2 aromatic carbocycles. The number of hydrogen-bond acceptors (Lipinski definition) is 3. The lowest BCUT2D eigenvalue weighted by Crippen LogP contribution is -2.46. The first kappa shape index (κ1) is 16.8. The Kier molecular flexibility index (Phi) is 5.42. The fourth-order valence-corrected chi connectivity index (χ4v) is 2.36. The second kappa shape index (κ2) is 7.11. The highest BCUT2D eigenvalue weighted by molar-refractivity contribution is 6.30. The molecule has 0 fully saturated rings. The van der Waals surface area contributed by atoms with Gasteiger partial charge in [-0.3, -0.25) is 4.79 Å². The van der Waals surface area contributed by atoms with Gasteiger partial charge in [-0.15, -0.1) is 0 Å². The summed E-state index contributed by atoms with van der Waals surface area (Å²) in [7, 11) is 0. The van der Waals surface area contributed by atoms with E-state index in [0.717, 1.165) is 0 Å². The number of halogens is 2. The minimum Gasteiger partial charge on any atom is -0.395 e. The fourth-order valence-electron chi connectivity index (χ4n) is 2.11. The van der Waals surface area contributed by atoms with E-state index in [1.54, 1.807) is 48.5 Å². The smallest absolute Gasteiger partial charge is 0.261 e. The van der Waals surface area contributed by atoms with Gasteiger partial charge in [-0.05, 0) is 35.4 Å². The van der Waals surface area contributed by atoms with Gasteiger partial charge >= 0.3 is 0 Å². The molecular formula is C16H15Cl2NO3. The molecule has 3 N–H and O–H groups in total. The van der Waals surface area contributed by atoms with Gasteiger partial charge in [0.15, 0.2) is 5.60 Å². The van der Waals surface area contributed by atoms with Crippen LogP contribution in [-0.2, 0) is 10.4 Å². The Morgan fingerprint density at radius 3 is 1.73 bits per heavy atom. The topological polar surface area (TPSA) is 69.6 Å². The van der Waals surface area contributed by atoms with E-state index in [9.17, 15) is 9.90 Å². The van der Waals surface area contributed by atoms with Crippen LogP contribution in [0.25, 0.3) is 0 Å². The van der Waals surface area contributed by atoms with Crippen LogP contribution in [0.4, 0.5) is 0 Å². The molecule has 6 heteroatoms. The lowest BCUT2D eigenvalue weighted by Gasteiger charge is -2.28. The number of rotatable bonds is 5. The molecule has 116 valence electrons. The van der Waals surface area contributed by atoms with Gasteiger partial charge in [-0.1, -0.05) is 47.5 Å². The van der Waals surface area contributed by atoms with E-state index in [4.69, 9.17) is 28.3 Å². The molecule has 1 amide bonds. The molecule has 0 spiro atoms. The number of nitrogens with one attached hydrogen (secondary N) is 1. The van der Waals surface area contributed by atoms with E-state index in [1.165, 1.54) is 0 Å². The highest BCUT2D eigenvalue weighted by Gasteiger charge is 2.39. The summed E-state index contributed by atoms with van der Waals surface area (Å²) >= 11 is 11.7. The van der Waals surface area contributed by atoms with Gasteiger partial charge in [-0.25, -0.2) is 0 Å². The molecule has 0 bridgehead atoms. The van der Waals surface area contributed by atoms with Gasteiger partial charge in [-0.2, -0.15) is 0 Å². The average Bonchev–Trinajstić information content (AvgIpc) is 2.53. The van der Waals surface area contributed by atoms with E-state index < -0.39 is 11.5 Å². The Balaban J connectivity index is 2.50. The van der Waals surface area contributed by atoms with E-state index in [-0.39, 0.29) is 13.2 Å². The highest BCUT2D eigenvalue weighted by Crippen LogP contribution is 2.31. The SMILES string of the molecule is O=C(NCCO)C(O)(c1ccc(Cl)cc1)c1ccc(Cl)cc1. The minimum absolute atomic E-state index is 0.0440. The molecular weight excluding hydrogens is 325 g/mol. The lowest BCUT2D eigenvalue weighted by molar-refractivity contribution is -0.136. The number of amides is 1. The second-order valence-electron chi connectivity index (χ2n) is 4.70. The average molecular weight is 340 g/mol. The van der Waals surface area contributed by atoms with Crippen LogP contribution in [0.5, 0.6) is 0 Å². The first-order chi connectivity index (χ1) is 10.5. The number of carbonyl (C=O) groups excluding carboxylic acids is 1. The zero-order chi connectivity index (χ0) is 16.2. The summed E-state index contributed by atoms with van der Waals surface area (Å²) < 4.78 is 0. The number of hydrogen-bond donors (Lipinski definition) is 3. The quantitative estimate of drug-likeness (QED) is 0.783. The van der Waals surface area contributed by atoms with E-state index >= 15 is 0 Å². The maximum absolute atomic E-state index is 12.5. The fraction of sp³-hybridized carbons (Fsp3) is 0.188. The molecule has 0 aliphatic carbocycles. The highest BCUT2D eigenvalue weighted by atomic mass is 35.5. The molecule has 0 saturated carbocycles. The Bertz CT molecular complexity index is 596. The Hall–Kier alpha value is -1.59. The Morgan fingerprint density at radius 1 is 0.955 bits per heavy atom.